The fraction of sp³-hybridized carbons (Fsp3) is 0.815. The van der Waals surface area contributed by atoms with E-state index in [2.05, 4.69) is 47.7 Å². The van der Waals surface area contributed by atoms with Gasteiger partial charge in [-0.1, -0.05) is 99.5 Å². The molecule has 47 heteroatoms. The quantitative estimate of drug-likeness (QED) is 0.0325. The Morgan fingerprint density at radius 3 is 1.04 bits per heavy atom. The monoisotopic (exact) mass is 2040 g/mol. The van der Waals surface area contributed by atoms with E-state index < -0.39 is 254 Å². The van der Waals surface area contributed by atoms with Crippen molar-refractivity contribution in [1.29, 1.82) is 0 Å². The Morgan fingerprint density at radius 1 is 0.410 bits per heavy atom. The van der Waals surface area contributed by atoms with E-state index in [4.69, 9.17) is 80.5 Å². The van der Waals surface area contributed by atoms with Crippen LogP contribution >= 0.6 is 0 Å². The highest BCUT2D eigenvalue weighted by molar-refractivity contribution is 6.76. The summed E-state index contributed by atoms with van der Waals surface area (Å²) in [4.78, 5) is 134. The van der Waals surface area contributed by atoms with E-state index in [1.807, 2.05) is 27.7 Å². The van der Waals surface area contributed by atoms with Crippen LogP contribution in [0.2, 0.25) is 19.6 Å². The maximum atomic E-state index is 12.7. The van der Waals surface area contributed by atoms with E-state index in [-0.39, 0.29) is 68.7 Å². The second-order valence-electron chi connectivity index (χ2n) is 40.8. The lowest BCUT2D eigenvalue weighted by atomic mass is 9.85. The third kappa shape index (κ3) is 28.5. The van der Waals surface area contributed by atoms with Gasteiger partial charge in [-0.15, -0.1) is 0 Å². The first-order valence-corrected chi connectivity index (χ1v) is 50.2. The molecule has 11 aliphatic rings. The summed E-state index contributed by atoms with van der Waals surface area (Å²) in [6.45, 7) is 40.2. The molecule has 18 unspecified atom stereocenters. The van der Waals surface area contributed by atoms with Gasteiger partial charge in [0.25, 0.3) is 12.2 Å². The summed E-state index contributed by atoms with van der Waals surface area (Å²) in [5, 5.41) is 0. The molecule has 0 radical (unpaired) electrons. The summed E-state index contributed by atoms with van der Waals surface area (Å²) in [5.74, 6) is -14.2. The van der Waals surface area contributed by atoms with Crippen LogP contribution in [0.25, 0.3) is 0 Å². The second-order valence-corrected chi connectivity index (χ2v) is 46.2. The molecule has 11 fully saturated rings. The number of ether oxygens (including phenoxy) is 20. The number of esters is 11. The topological polar surface area (TPSA) is 372 Å². The smallest absolute Gasteiger partial charge is 0.434 e. The number of alkyl halides is 15. The van der Waals surface area contributed by atoms with Gasteiger partial charge in [-0.25, -0.2) is 19.2 Å². The fourth-order valence-electron chi connectivity index (χ4n) is 15.3. The number of hydrogen-bond acceptors (Lipinski definition) is 31. The zero-order valence-electron chi connectivity index (χ0n) is 81.7. The molecule has 12 rings (SSSR count). The van der Waals surface area contributed by atoms with E-state index in [1.54, 1.807) is 107 Å². The first-order chi connectivity index (χ1) is 63.8. The third-order valence-electron chi connectivity index (χ3n) is 26.8. The van der Waals surface area contributed by atoms with Crippen LogP contribution in [0.15, 0.2) is 24.3 Å². The van der Waals surface area contributed by atoms with E-state index in [9.17, 15) is 119 Å². The van der Waals surface area contributed by atoms with Crippen molar-refractivity contribution in [3.63, 3.8) is 0 Å². The molecule has 1 aromatic carbocycles. The molecule has 2 spiro atoms. The maximum absolute atomic E-state index is 12.7. The van der Waals surface area contributed by atoms with E-state index in [1.165, 1.54) is 19.3 Å². The summed E-state index contributed by atoms with van der Waals surface area (Å²) in [6.07, 6.45) is -45.7. The summed E-state index contributed by atoms with van der Waals surface area (Å²) in [5.41, 5.74) is -2.50. The van der Waals surface area contributed by atoms with Crippen molar-refractivity contribution in [1.82, 2.24) is 0 Å². The Hall–Kier alpha value is -7.80. The Kier molecular flexibility index (Phi) is 37.2. The number of carbonyl (C=O) groups is 11. The number of carbonyl (C=O) groups excluding carboxylic acids is 11. The zero-order valence-corrected chi connectivity index (χ0v) is 82.7. The highest BCUT2D eigenvalue weighted by Crippen LogP contribution is 2.54. The molecule has 792 valence electrons. The predicted molar refractivity (Wildman–Crippen MR) is 450 cm³/mol. The first-order valence-electron chi connectivity index (χ1n) is 46.5. The van der Waals surface area contributed by atoms with Crippen LogP contribution in [0, 0.1) is 44.8 Å². The van der Waals surface area contributed by atoms with Gasteiger partial charge in [-0.05, 0) is 165 Å². The van der Waals surface area contributed by atoms with Crippen LogP contribution in [-0.2, 0) is 148 Å². The van der Waals surface area contributed by atoms with Crippen LogP contribution in [0.5, 0.6) is 0 Å². The minimum Gasteiger partial charge on any atom is -0.466 e. The molecule has 0 amide bonds. The lowest BCUT2D eigenvalue weighted by Gasteiger charge is -2.36. The van der Waals surface area contributed by atoms with Gasteiger partial charge in [0, 0.05) is 31.2 Å². The molecule has 0 bridgehead atoms. The maximum Gasteiger partial charge on any atom is 0.434 e. The SMILES string of the molecule is CCC(C)(C)C(=O)OC(C)C(F)(F)F.CCC(C)(C)C(=O)OC1C(=O)OC2C3OC(C)(c4ccc(C(=O)OC[Si](C)(C)C)cc4)OC3OC12.CCC(C)(C)C(=O)OC1C(=O)OC2C3OC4(CCC(C(=O)OC(C(F)(F)F)C(F)(F)F)CC4)OC3OC12.CCC(C)(C)C(=O)OC1C(=O)OC2C3OC4(CCC(C(=O)OC(C(F)(F)F)C(F)(F)F)CC4)OC3OC12.CCCCC(CC)COC(=O)C(C)(C)CC. The summed E-state index contributed by atoms with van der Waals surface area (Å²) in [6, 6.07) is 6.81. The van der Waals surface area contributed by atoms with Gasteiger partial charge in [0.1, 0.15) is 18.3 Å². The molecule has 1 aromatic rings. The molecule has 9 saturated heterocycles. The molecular weight excluding hydrogens is 1910 g/mol. The highest BCUT2D eigenvalue weighted by atomic mass is 28.3. The largest absolute Gasteiger partial charge is 0.466 e. The minimum absolute atomic E-state index is 0.0510. The zero-order chi connectivity index (χ0) is 105. The van der Waals surface area contributed by atoms with Crippen molar-refractivity contribution < 1.29 is 213 Å². The van der Waals surface area contributed by atoms with Crippen molar-refractivity contribution in [2.45, 2.75) is 419 Å². The van der Waals surface area contributed by atoms with Crippen LogP contribution < -0.4 is 0 Å². The Bertz CT molecular complexity index is 4260. The number of rotatable bonds is 28. The van der Waals surface area contributed by atoms with E-state index >= 15 is 0 Å². The van der Waals surface area contributed by atoms with Gasteiger partial charge in [-0.3, -0.25) is 33.6 Å². The van der Waals surface area contributed by atoms with Gasteiger partial charge in [-0.2, -0.15) is 65.9 Å². The molecule has 0 aromatic heterocycles. The number of benzene rings is 1. The van der Waals surface area contributed by atoms with E-state index in [0.717, 1.165) is 19.8 Å². The molecule has 2 aliphatic carbocycles. The lowest BCUT2D eigenvalue weighted by molar-refractivity contribution is -0.315. The van der Waals surface area contributed by atoms with Gasteiger partial charge < -0.3 is 94.7 Å². The van der Waals surface area contributed by atoms with Gasteiger partial charge in [0.05, 0.1) is 65.4 Å². The van der Waals surface area contributed by atoms with Crippen LogP contribution in [0.3, 0.4) is 0 Å². The van der Waals surface area contributed by atoms with Gasteiger partial charge in [0.15, 0.2) is 79.0 Å². The number of fused-ring (bicyclic) bond motifs is 9. The Balaban J connectivity index is 0.000000223. The van der Waals surface area contributed by atoms with Gasteiger partial charge >= 0.3 is 96.5 Å². The van der Waals surface area contributed by atoms with Crippen LogP contribution in [0.1, 0.15) is 257 Å². The highest BCUT2D eigenvalue weighted by Gasteiger charge is 2.71. The fourth-order valence-corrected chi connectivity index (χ4v) is 15.9. The molecule has 9 heterocycles. The molecule has 31 nitrogen and oxygen atoms in total. The molecule has 2 saturated carbocycles. The molecule has 0 N–H and O–H groups in total. The average Bonchev–Trinajstić information content (AvgIpc) is 1.58. The van der Waals surface area contributed by atoms with Crippen LogP contribution in [-0.4, -0.2) is 239 Å². The number of halogens is 15. The van der Waals surface area contributed by atoms with Crippen molar-refractivity contribution in [3.8, 4) is 0 Å². The molecule has 139 heavy (non-hydrogen) atoms. The normalized spacial score (nSPS) is 30.3. The second kappa shape index (κ2) is 44.4. The number of unbranched alkanes of at least 4 members (excludes halogenated alkanes) is 1. The van der Waals surface area contributed by atoms with Gasteiger partial charge in [0.2, 0.25) is 18.3 Å². The molecular formula is C92H129F15O31Si. The van der Waals surface area contributed by atoms with Crippen LogP contribution in [0.4, 0.5) is 65.9 Å². The van der Waals surface area contributed by atoms with E-state index in [0.29, 0.717) is 55.6 Å². The summed E-state index contributed by atoms with van der Waals surface area (Å²) in [7, 11) is -1.51. The van der Waals surface area contributed by atoms with Crippen molar-refractivity contribution in [2.24, 2.45) is 44.8 Å². The standard InChI is InChI=1S/C25H34O9Si.2C22H26F6O9.C14H28O2.C9H15F3O2/c1-8-24(2,3)23(28)32-18-16-17(30-21(18)27)19-22(31-16)34-25(4,33-19)15-11-9-14(10-12-15)20(26)29-13-35(5,6)7;2*1-4-19(2,3)18(31)34-12-10-11(32-15(12)30)13-16(33-10)37-20(36-13)7-5-9(6-8-20)14(29)35-17(21(23,24)25)22(26,27)28;1-6-9-10-12(7-2)11-16-13(15)14(4,5)8-3;1-5-8(3,4)7(13)14-6(2)9(10,11)12/h9-12,16-19,22H,8,13H2,1-7H3;2*9-13,16-17H,4-8H2,1-3H3;12H,6-11H2,1-5H3;6H,5H2,1-4H3. The third-order valence-corrected chi connectivity index (χ3v) is 27.8. The Labute approximate surface area is 796 Å². The van der Waals surface area contributed by atoms with Crippen molar-refractivity contribution >= 4 is 73.7 Å². The number of hydrogen-bond donors (Lipinski definition) is 0. The van der Waals surface area contributed by atoms with Crippen molar-refractivity contribution in [3.05, 3.63) is 35.4 Å². The van der Waals surface area contributed by atoms with Crippen molar-refractivity contribution in [2.75, 3.05) is 12.8 Å². The predicted octanol–water partition coefficient (Wildman–Crippen LogP) is 17.1. The first kappa shape index (κ1) is 116. The summed E-state index contributed by atoms with van der Waals surface area (Å²) >= 11 is 0. The lowest BCUT2D eigenvalue weighted by Crippen LogP contribution is -2.47. The minimum atomic E-state index is -5.80. The molecule has 18 atom stereocenters. The summed E-state index contributed by atoms with van der Waals surface area (Å²) < 4.78 is 297. The average molecular weight is 2040 g/mol. The Morgan fingerprint density at radius 2 is 0.734 bits per heavy atom. The molecule has 9 aliphatic heterocycles.